The number of rotatable bonds is 2. The van der Waals surface area contributed by atoms with Crippen molar-refractivity contribution in [2.75, 3.05) is 13.2 Å². The lowest BCUT2D eigenvalue weighted by atomic mass is 10.1. The van der Waals surface area contributed by atoms with Gasteiger partial charge in [0.05, 0.1) is 13.2 Å². The van der Waals surface area contributed by atoms with Gasteiger partial charge in [0.2, 0.25) is 0 Å². The summed E-state index contributed by atoms with van der Waals surface area (Å²) in [6.45, 7) is 4.84. The Balaban J connectivity index is 2.05. The van der Waals surface area contributed by atoms with Crippen LogP contribution in [0, 0.1) is 6.92 Å². The maximum atomic E-state index is 5.26. The molecule has 70 valence electrons. The molecular weight excluding hydrogens is 162 g/mol. The highest BCUT2D eigenvalue weighted by molar-refractivity contribution is 5.11. The smallest absolute Gasteiger partial charge is 0.0650 e. The highest BCUT2D eigenvalue weighted by Crippen LogP contribution is 2.12. The van der Waals surface area contributed by atoms with Crippen LogP contribution in [0.5, 0.6) is 0 Å². The number of hydrogen-bond donors (Lipinski definition) is 0. The Kier molecular flexibility index (Phi) is 2.50. The van der Waals surface area contributed by atoms with E-state index in [1.54, 1.807) is 0 Å². The number of nitrogens with zero attached hydrogens (tertiary/aromatic N) is 1. The maximum absolute atomic E-state index is 5.26. The highest BCUT2D eigenvalue weighted by atomic mass is 16.5. The van der Waals surface area contributed by atoms with Crippen molar-refractivity contribution in [3.8, 4) is 0 Å². The molecule has 1 aliphatic rings. The Bertz CT molecular complexity index is 312. The Morgan fingerprint density at radius 1 is 1.54 bits per heavy atom. The second-order valence-corrected chi connectivity index (χ2v) is 3.46. The average molecular weight is 177 g/mol. The van der Waals surface area contributed by atoms with Crippen LogP contribution in [0.15, 0.2) is 30.0 Å². The summed E-state index contributed by atoms with van der Waals surface area (Å²) in [5.74, 6) is 0. The van der Waals surface area contributed by atoms with Crippen molar-refractivity contribution in [1.29, 1.82) is 0 Å². The van der Waals surface area contributed by atoms with Crippen molar-refractivity contribution in [1.82, 2.24) is 4.57 Å². The van der Waals surface area contributed by atoms with Crippen LogP contribution in [-0.4, -0.2) is 17.8 Å². The van der Waals surface area contributed by atoms with Gasteiger partial charge in [-0.2, -0.15) is 0 Å². The van der Waals surface area contributed by atoms with Crippen molar-refractivity contribution in [3.05, 3.63) is 35.7 Å². The molecule has 2 heteroatoms. The zero-order valence-electron chi connectivity index (χ0n) is 7.99. The van der Waals surface area contributed by atoms with Crippen molar-refractivity contribution < 1.29 is 4.74 Å². The largest absolute Gasteiger partial charge is 0.377 e. The molecule has 2 nitrogen and oxygen atoms in total. The van der Waals surface area contributed by atoms with E-state index >= 15 is 0 Å². The van der Waals surface area contributed by atoms with E-state index < -0.39 is 0 Å². The second kappa shape index (κ2) is 3.79. The molecule has 0 bridgehead atoms. The molecule has 0 saturated heterocycles. The van der Waals surface area contributed by atoms with Gasteiger partial charge in [-0.3, -0.25) is 0 Å². The fourth-order valence-corrected chi connectivity index (χ4v) is 1.60. The van der Waals surface area contributed by atoms with Crippen LogP contribution < -0.4 is 0 Å². The monoisotopic (exact) mass is 177 g/mol. The first-order valence-corrected chi connectivity index (χ1v) is 4.73. The topological polar surface area (TPSA) is 14.2 Å². The molecule has 0 atom stereocenters. The predicted molar refractivity (Wildman–Crippen MR) is 52.7 cm³/mol. The van der Waals surface area contributed by atoms with Crippen molar-refractivity contribution >= 4 is 0 Å². The van der Waals surface area contributed by atoms with Gasteiger partial charge in [-0.1, -0.05) is 11.6 Å². The molecule has 0 aromatic carbocycles. The first kappa shape index (κ1) is 8.57. The molecule has 1 aliphatic heterocycles. The van der Waals surface area contributed by atoms with Crippen LogP contribution in [0.4, 0.5) is 0 Å². The van der Waals surface area contributed by atoms with Crippen LogP contribution in [0.2, 0.25) is 0 Å². The van der Waals surface area contributed by atoms with Gasteiger partial charge < -0.3 is 9.30 Å². The number of aromatic nitrogens is 1. The Morgan fingerprint density at radius 2 is 2.46 bits per heavy atom. The lowest BCUT2D eigenvalue weighted by molar-refractivity contribution is 0.153. The molecule has 1 aromatic heterocycles. The summed E-state index contributed by atoms with van der Waals surface area (Å²) < 4.78 is 7.54. The molecule has 0 spiro atoms. The van der Waals surface area contributed by atoms with Crippen LogP contribution in [0.3, 0.4) is 0 Å². The van der Waals surface area contributed by atoms with E-state index in [1.165, 1.54) is 11.3 Å². The summed E-state index contributed by atoms with van der Waals surface area (Å²) in [4.78, 5) is 0. The summed E-state index contributed by atoms with van der Waals surface area (Å²) >= 11 is 0. The molecule has 2 heterocycles. The van der Waals surface area contributed by atoms with Crippen molar-refractivity contribution in [2.24, 2.45) is 0 Å². The zero-order chi connectivity index (χ0) is 9.10. The summed E-state index contributed by atoms with van der Waals surface area (Å²) in [7, 11) is 0. The fraction of sp³-hybridized carbons (Fsp3) is 0.455. The minimum absolute atomic E-state index is 0.787. The molecule has 1 aromatic rings. The van der Waals surface area contributed by atoms with Gasteiger partial charge in [0.15, 0.2) is 0 Å². The van der Waals surface area contributed by atoms with E-state index in [2.05, 4.69) is 35.9 Å². The molecular formula is C11H15NO. The first-order chi connectivity index (χ1) is 6.36. The van der Waals surface area contributed by atoms with Gasteiger partial charge in [-0.15, -0.1) is 0 Å². The molecule has 0 N–H and O–H groups in total. The van der Waals surface area contributed by atoms with E-state index in [4.69, 9.17) is 4.74 Å². The van der Waals surface area contributed by atoms with E-state index in [0.29, 0.717) is 0 Å². The number of ether oxygens (including phenoxy) is 1. The summed E-state index contributed by atoms with van der Waals surface area (Å²) in [5, 5.41) is 0. The third kappa shape index (κ3) is 2.01. The van der Waals surface area contributed by atoms with E-state index in [1.807, 2.05) is 0 Å². The Morgan fingerprint density at radius 3 is 3.08 bits per heavy atom. The summed E-state index contributed by atoms with van der Waals surface area (Å²) in [6.07, 6.45) is 5.41. The zero-order valence-corrected chi connectivity index (χ0v) is 7.99. The minimum atomic E-state index is 0.787. The van der Waals surface area contributed by atoms with Crippen LogP contribution in [0.1, 0.15) is 12.1 Å². The number of hydrogen-bond acceptors (Lipinski definition) is 1. The SMILES string of the molecule is Cc1cccn1CC1=CCOCC1. The predicted octanol–water partition coefficient (Wildman–Crippen LogP) is 2.14. The first-order valence-electron chi connectivity index (χ1n) is 4.73. The van der Waals surface area contributed by atoms with Crippen LogP contribution >= 0.6 is 0 Å². The summed E-state index contributed by atoms with van der Waals surface area (Å²) in [5.41, 5.74) is 2.82. The Hall–Kier alpha value is -1.02. The van der Waals surface area contributed by atoms with E-state index in [0.717, 1.165) is 26.2 Å². The molecule has 0 saturated carbocycles. The molecule has 2 rings (SSSR count). The lowest BCUT2D eigenvalue weighted by Gasteiger charge is -2.15. The van der Waals surface area contributed by atoms with Gasteiger partial charge >= 0.3 is 0 Å². The van der Waals surface area contributed by atoms with Gasteiger partial charge in [0, 0.05) is 18.4 Å². The van der Waals surface area contributed by atoms with Crippen molar-refractivity contribution in [3.63, 3.8) is 0 Å². The van der Waals surface area contributed by atoms with E-state index in [9.17, 15) is 0 Å². The normalized spacial score (nSPS) is 17.2. The van der Waals surface area contributed by atoms with Crippen molar-refractivity contribution in [2.45, 2.75) is 19.9 Å². The fourth-order valence-electron chi connectivity index (χ4n) is 1.60. The molecule has 0 aliphatic carbocycles. The third-order valence-electron chi connectivity index (χ3n) is 2.49. The lowest BCUT2D eigenvalue weighted by Crippen LogP contribution is -2.09. The van der Waals surface area contributed by atoms with Gasteiger partial charge in [0.1, 0.15) is 0 Å². The van der Waals surface area contributed by atoms with E-state index in [-0.39, 0.29) is 0 Å². The minimum Gasteiger partial charge on any atom is -0.377 e. The maximum Gasteiger partial charge on any atom is 0.0650 e. The van der Waals surface area contributed by atoms with Crippen LogP contribution in [0.25, 0.3) is 0 Å². The van der Waals surface area contributed by atoms with Gasteiger partial charge in [0.25, 0.3) is 0 Å². The summed E-state index contributed by atoms with van der Waals surface area (Å²) in [6, 6.07) is 4.23. The standard InChI is InChI=1S/C11H15NO/c1-10-3-2-6-12(10)9-11-4-7-13-8-5-11/h2-4,6H,5,7-9H2,1H3. The Labute approximate surface area is 78.8 Å². The molecule has 0 unspecified atom stereocenters. The van der Waals surface area contributed by atoms with Crippen LogP contribution in [-0.2, 0) is 11.3 Å². The molecule has 0 fully saturated rings. The molecule has 13 heavy (non-hydrogen) atoms. The quantitative estimate of drug-likeness (QED) is 0.631. The van der Waals surface area contributed by atoms with Gasteiger partial charge in [-0.05, 0) is 25.5 Å². The molecule has 0 amide bonds. The number of aryl methyl sites for hydroxylation is 1. The molecule has 0 radical (unpaired) electrons. The third-order valence-corrected chi connectivity index (χ3v) is 2.49. The second-order valence-electron chi connectivity index (χ2n) is 3.46. The highest BCUT2D eigenvalue weighted by Gasteiger charge is 2.04. The average Bonchev–Trinajstić information content (AvgIpc) is 2.54. The van der Waals surface area contributed by atoms with Gasteiger partial charge in [-0.25, -0.2) is 0 Å².